The zero-order valence-electron chi connectivity index (χ0n) is 14.6. The molecule has 4 nitrogen and oxygen atoms in total. The van der Waals surface area contributed by atoms with E-state index in [9.17, 15) is 9.18 Å². The first kappa shape index (κ1) is 18.1. The Labute approximate surface area is 156 Å². The van der Waals surface area contributed by atoms with Gasteiger partial charge >= 0.3 is 0 Å². The molecule has 3 aromatic rings. The fourth-order valence-electron chi connectivity index (χ4n) is 2.83. The van der Waals surface area contributed by atoms with E-state index >= 15 is 0 Å². The van der Waals surface area contributed by atoms with Gasteiger partial charge in [-0.1, -0.05) is 23.7 Å². The molecular formula is C20H19ClFN3O. The molecule has 2 aromatic carbocycles. The average molecular weight is 372 g/mol. The highest BCUT2D eigenvalue weighted by molar-refractivity contribution is 6.30. The topological polar surface area (TPSA) is 50.1 Å². The third-order valence-corrected chi connectivity index (χ3v) is 4.43. The van der Waals surface area contributed by atoms with E-state index in [4.69, 9.17) is 11.6 Å². The quantitative estimate of drug-likeness (QED) is 0.667. The molecule has 0 fully saturated rings. The van der Waals surface area contributed by atoms with Crippen LogP contribution < -0.4 is 5.56 Å². The number of benzene rings is 2. The minimum absolute atomic E-state index is 0.193. The van der Waals surface area contributed by atoms with Gasteiger partial charge in [-0.3, -0.25) is 14.9 Å². The van der Waals surface area contributed by atoms with Crippen molar-refractivity contribution in [1.29, 1.82) is 0 Å². The van der Waals surface area contributed by atoms with Gasteiger partial charge < -0.3 is 0 Å². The lowest BCUT2D eigenvalue weighted by atomic mass is 10.1. The van der Waals surface area contributed by atoms with Gasteiger partial charge in [-0.2, -0.15) is 0 Å². The van der Waals surface area contributed by atoms with Crippen LogP contribution in [0.25, 0.3) is 5.69 Å². The van der Waals surface area contributed by atoms with E-state index < -0.39 is 0 Å². The minimum atomic E-state index is -0.342. The highest BCUT2D eigenvalue weighted by Gasteiger charge is 2.14. The first-order valence-corrected chi connectivity index (χ1v) is 8.67. The predicted molar refractivity (Wildman–Crippen MR) is 103 cm³/mol. The van der Waals surface area contributed by atoms with Gasteiger partial charge in [0, 0.05) is 23.0 Å². The summed E-state index contributed by atoms with van der Waals surface area (Å²) in [6.07, 6.45) is 0.768. The van der Waals surface area contributed by atoms with Crippen molar-refractivity contribution >= 4 is 17.3 Å². The summed E-state index contributed by atoms with van der Waals surface area (Å²) in [4.78, 5) is 17.3. The smallest absolute Gasteiger partial charge is 0.280 e. The molecule has 0 saturated heterocycles. The second kappa shape index (κ2) is 7.70. The maximum atomic E-state index is 13.1. The number of hydrogen-bond acceptors (Lipinski definition) is 2. The number of hydrogen-bond donors (Lipinski definition) is 1. The summed E-state index contributed by atoms with van der Waals surface area (Å²) in [5.74, 6) is -0.342. The number of aryl methyl sites for hydroxylation is 1. The molecule has 1 N–H and O–H groups in total. The number of nitrogens with zero attached hydrogens (tertiary/aromatic N) is 2. The minimum Gasteiger partial charge on any atom is -0.295 e. The predicted octanol–water partition coefficient (Wildman–Crippen LogP) is 4.32. The zero-order chi connectivity index (χ0) is 18.7. The SMILES string of the molecule is CC(=NCCc1ccc(Cl)cc1)c1c(C)[nH]n(-c2ccc(F)cc2)c1=O. The van der Waals surface area contributed by atoms with Gasteiger partial charge in [0.05, 0.1) is 11.3 Å². The Kier molecular flexibility index (Phi) is 5.38. The van der Waals surface area contributed by atoms with Crippen molar-refractivity contribution in [2.75, 3.05) is 6.54 Å². The highest BCUT2D eigenvalue weighted by atomic mass is 35.5. The molecule has 6 heteroatoms. The summed E-state index contributed by atoms with van der Waals surface area (Å²) in [6.45, 7) is 4.23. The Morgan fingerprint density at radius 1 is 1.15 bits per heavy atom. The third-order valence-electron chi connectivity index (χ3n) is 4.18. The fraction of sp³-hybridized carbons (Fsp3) is 0.200. The summed E-state index contributed by atoms with van der Waals surface area (Å²) in [5, 5.41) is 3.74. The first-order valence-electron chi connectivity index (χ1n) is 8.29. The second-order valence-corrected chi connectivity index (χ2v) is 6.51. The largest absolute Gasteiger partial charge is 0.295 e. The van der Waals surface area contributed by atoms with E-state index in [0.29, 0.717) is 28.5 Å². The van der Waals surface area contributed by atoms with E-state index in [1.165, 1.54) is 16.8 Å². The van der Waals surface area contributed by atoms with Gasteiger partial charge in [-0.05, 0) is 62.2 Å². The Morgan fingerprint density at radius 3 is 2.46 bits per heavy atom. The van der Waals surface area contributed by atoms with Gasteiger partial charge in [0.2, 0.25) is 0 Å². The van der Waals surface area contributed by atoms with E-state index in [1.807, 2.05) is 38.1 Å². The van der Waals surface area contributed by atoms with Crippen LogP contribution in [-0.2, 0) is 6.42 Å². The maximum absolute atomic E-state index is 13.1. The highest BCUT2D eigenvalue weighted by Crippen LogP contribution is 2.11. The lowest BCUT2D eigenvalue weighted by molar-refractivity contribution is 0.627. The summed E-state index contributed by atoms with van der Waals surface area (Å²) in [6, 6.07) is 13.4. The van der Waals surface area contributed by atoms with Crippen molar-refractivity contribution in [3.63, 3.8) is 0 Å². The van der Waals surface area contributed by atoms with Crippen LogP contribution >= 0.6 is 11.6 Å². The lowest BCUT2D eigenvalue weighted by Gasteiger charge is -2.01. The molecule has 0 spiro atoms. The van der Waals surface area contributed by atoms with Crippen LogP contribution in [0.1, 0.15) is 23.7 Å². The van der Waals surface area contributed by atoms with Gasteiger partial charge in [0.15, 0.2) is 0 Å². The molecule has 0 radical (unpaired) electrons. The number of rotatable bonds is 5. The van der Waals surface area contributed by atoms with E-state index in [1.54, 1.807) is 12.1 Å². The molecule has 26 heavy (non-hydrogen) atoms. The first-order chi connectivity index (χ1) is 12.5. The number of aromatic amines is 1. The molecule has 0 bridgehead atoms. The van der Waals surface area contributed by atoms with Crippen molar-refractivity contribution in [1.82, 2.24) is 9.78 Å². The lowest BCUT2D eigenvalue weighted by Crippen LogP contribution is -2.20. The van der Waals surface area contributed by atoms with Crippen LogP contribution in [0.15, 0.2) is 58.3 Å². The number of aromatic nitrogens is 2. The molecule has 0 unspecified atom stereocenters. The Bertz CT molecular complexity index is 985. The molecule has 0 atom stereocenters. The maximum Gasteiger partial charge on any atom is 0.280 e. The van der Waals surface area contributed by atoms with E-state index in [2.05, 4.69) is 10.1 Å². The molecule has 0 aliphatic heterocycles. The number of nitrogens with one attached hydrogen (secondary N) is 1. The number of halogens is 2. The summed E-state index contributed by atoms with van der Waals surface area (Å²) < 4.78 is 14.5. The summed E-state index contributed by atoms with van der Waals surface area (Å²) in [5.41, 5.74) is 3.48. The normalized spacial score (nSPS) is 11.8. The van der Waals surface area contributed by atoms with Crippen LogP contribution in [0.3, 0.4) is 0 Å². The van der Waals surface area contributed by atoms with E-state index in [0.717, 1.165) is 17.7 Å². The van der Waals surface area contributed by atoms with Crippen molar-refractivity contribution in [3.8, 4) is 5.69 Å². The Hall–Kier alpha value is -2.66. The molecule has 0 amide bonds. The van der Waals surface area contributed by atoms with Crippen molar-refractivity contribution in [2.24, 2.45) is 4.99 Å². The van der Waals surface area contributed by atoms with Crippen molar-refractivity contribution < 1.29 is 4.39 Å². The van der Waals surface area contributed by atoms with Gasteiger partial charge in [-0.25, -0.2) is 9.07 Å². The van der Waals surface area contributed by atoms with E-state index in [-0.39, 0.29) is 11.4 Å². The van der Waals surface area contributed by atoms with Crippen LogP contribution in [0, 0.1) is 12.7 Å². The van der Waals surface area contributed by atoms with Crippen LogP contribution in [-0.4, -0.2) is 22.0 Å². The van der Waals surface area contributed by atoms with Gasteiger partial charge in [0.25, 0.3) is 5.56 Å². The molecule has 3 rings (SSSR count). The molecule has 1 heterocycles. The number of aliphatic imine (C=N–C) groups is 1. The average Bonchev–Trinajstić information content (AvgIpc) is 2.92. The molecule has 0 aliphatic carbocycles. The third kappa shape index (κ3) is 3.94. The van der Waals surface area contributed by atoms with Crippen LogP contribution in [0.2, 0.25) is 5.02 Å². The molecule has 1 aromatic heterocycles. The zero-order valence-corrected chi connectivity index (χ0v) is 15.3. The molecule has 134 valence electrons. The standard InChI is InChI=1S/C20H19ClFN3O/c1-13(23-12-11-15-3-5-16(21)6-4-15)19-14(2)24-25(20(19)26)18-9-7-17(22)8-10-18/h3-10,24H,11-12H2,1-2H3. The Morgan fingerprint density at radius 2 is 1.81 bits per heavy atom. The molecular weight excluding hydrogens is 353 g/mol. The van der Waals surface area contributed by atoms with Crippen LogP contribution in [0.5, 0.6) is 0 Å². The second-order valence-electron chi connectivity index (χ2n) is 6.07. The number of H-pyrrole nitrogens is 1. The molecule has 0 aliphatic rings. The monoisotopic (exact) mass is 371 g/mol. The van der Waals surface area contributed by atoms with Crippen molar-refractivity contribution in [2.45, 2.75) is 20.3 Å². The van der Waals surface area contributed by atoms with Gasteiger partial charge in [0.1, 0.15) is 5.82 Å². The van der Waals surface area contributed by atoms with Crippen molar-refractivity contribution in [3.05, 3.63) is 86.5 Å². The fourth-order valence-corrected chi connectivity index (χ4v) is 2.95. The van der Waals surface area contributed by atoms with Gasteiger partial charge in [-0.15, -0.1) is 0 Å². The molecule has 0 saturated carbocycles. The Balaban J connectivity index is 1.80. The summed E-state index contributed by atoms with van der Waals surface area (Å²) >= 11 is 5.88. The summed E-state index contributed by atoms with van der Waals surface area (Å²) in [7, 11) is 0. The van der Waals surface area contributed by atoms with Crippen LogP contribution in [0.4, 0.5) is 4.39 Å².